The van der Waals surface area contributed by atoms with Crippen molar-refractivity contribution in [2.24, 2.45) is 10.9 Å². The molecule has 3 heterocycles. The van der Waals surface area contributed by atoms with E-state index in [-0.39, 0.29) is 0 Å². The fourth-order valence-corrected chi connectivity index (χ4v) is 4.34. The third-order valence-electron chi connectivity index (χ3n) is 6.02. The number of benzene rings is 1. The number of anilines is 1. The van der Waals surface area contributed by atoms with Crippen molar-refractivity contribution in [3.8, 4) is 5.75 Å². The molecular formula is C22H32N6O2. The van der Waals surface area contributed by atoms with Crippen LogP contribution in [-0.4, -0.2) is 80.9 Å². The Bertz CT molecular complexity index is 817. The first-order valence-corrected chi connectivity index (χ1v) is 10.7. The number of rotatable bonds is 6. The predicted molar refractivity (Wildman–Crippen MR) is 118 cm³/mol. The lowest BCUT2D eigenvalue weighted by Gasteiger charge is -2.36. The Morgan fingerprint density at radius 3 is 2.77 bits per heavy atom. The highest BCUT2D eigenvalue weighted by Gasteiger charge is 2.26. The highest BCUT2D eigenvalue weighted by molar-refractivity contribution is 5.80. The van der Waals surface area contributed by atoms with E-state index < -0.39 is 0 Å². The van der Waals surface area contributed by atoms with Crippen LogP contribution in [0.1, 0.15) is 12.1 Å². The molecule has 0 bridgehead atoms. The molecule has 0 spiro atoms. The molecule has 0 amide bonds. The average molecular weight is 413 g/mol. The molecule has 1 aromatic carbocycles. The van der Waals surface area contributed by atoms with Gasteiger partial charge in [-0.1, -0.05) is 17.3 Å². The van der Waals surface area contributed by atoms with Gasteiger partial charge in [0, 0.05) is 65.5 Å². The van der Waals surface area contributed by atoms with E-state index in [2.05, 4.69) is 42.3 Å². The Morgan fingerprint density at radius 2 is 2.03 bits per heavy atom. The molecule has 1 atom stereocenters. The molecule has 2 aliphatic heterocycles. The zero-order valence-electron chi connectivity index (χ0n) is 18.0. The molecule has 0 radical (unpaired) electrons. The third kappa shape index (κ3) is 4.87. The zero-order valence-corrected chi connectivity index (χ0v) is 18.0. The van der Waals surface area contributed by atoms with Gasteiger partial charge in [-0.05, 0) is 24.5 Å². The molecule has 30 heavy (non-hydrogen) atoms. The molecule has 162 valence electrons. The Labute approximate surface area is 178 Å². The number of hydrogen-bond donors (Lipinski definition) is 1. The van der Waals surface area contributed by atoms with E-state index in [1.165, 1.54) is 12.1 Å². The van der Waals surface area contributed by atoms with E-state index in [0.29, 0.717) is 5.92 Å². The van der Waals surface area contributed by atoms with Crippen LogP contribution < -0.4 is 15.0 Å². The highest BCUT2D eigenvalue weighted by Crippen LogP contribution is 2.31. The van der Waals surface area contributed by atoms with Gasteiger partial charge >= 0.3 is 0 Å². The maximum absolute atomic E-state index is 5.53. The summed E-state index contributed by atoms with van der Waals surface area (Å²) in [5.74, 6) is 2.55. The monoisotopic (exact) mass is 412 g/mol. The smallest absolute Gasteiger partial charge is 0.193 e. The quantitative estimate of drug-likeness (QED) is 0.574. The number of guanidine groups is 1. The molecule has 1 unspecified atom stereocenters. The van der Waals surface area contributed by atoms with E-state index in [4.69, 9.17) is 9.26 Å². The summed E-state index contributed by atoms with van der Waals surface area (Å²) in [5.41, 5.74) is 2.18. The number of nitrogens with zero attached hydrogens (tertiary/aromatic N) is 5. The van der Waals surface area contributed by atoms with Crippen molar-refractivity contribution in [1.82, 2.24) is 20.3 Å². The normalized spacial score (nSPS) is 20.6. The van der Waals surface area contributed by atoms with Crippen molar-refractivity contribution in [3.63, 3.8) is 0 Å². The second-order valence-corrected chi connectivity index (χ2v) is 7.95. The first kappa shape index (κ1) is 20.5. The zero-order chi connectivity index (χ0) is 20.8. The van der Waals surface area contributed by atoms with E-state index in [9.17, 15) is 0 Å². The molecule has 2 saturated heterocycles. The number of aromatic nitrogens is 1. The minimum atomic E-state index is 0.597. The maximum Gasteiger partial charge on any atom is 0.193 e. The minimum Gasteiger partial charge on any atom is -0.495 e. The maximum atomic E-state index is 5.53. The van der Waals surface area contributed by atoms with E-state index in [1.54, 1.807) is 13.4 Å². The van der Waals surface area contributed by atoms with Crippen molar-refractivity contribution in [2.75, 3.05) is 64.9 Å². The Morgan fingerprint density at radius 1 is 1.20 bits per heavy atom. The molecule has 2 aliphatic rings. The van der Waals surface area contributed by atoms with Gasteiger partial charge in [-0.15, -0.1) is 0 Å². The van der Waals surface area contributed by atoms with Crippen LogP contribution in [-0.2, 0) is 6.54 Å². The lowest BCUT2D eigenvalue weighted by molar-refractivity contribution is 0.169. The Balaban J connectivity index is 1.23. The largest absolute Gasteiger partial charge is 0.495 e. The molecule has 0 aliphatic carbocycles. The first-order chi connectivity index (χ1) is 14.8. The van der Waals surface area contributed by atoms with Gasteiger partial charge in [0.2, 0.25) is 0 Å². The van der Waals surface area contributed by atoms with Crippen LogP contribution in [0.2, 0.25) is 0 Å². The fourth-order valence-electron chi connectivity index (χ4n) is 4.34. The van der Waals surface area contributed by atoms with Gasteiger partial charge < -0.3 is 24.4 Å². The van der Waals surface area contributed by atoms with Crippen LogP contribution in [0.3, 0.4) is 0 Å². The van der Waals surface area contributed by atoms with Gasteiger partial charge in [0.05, 0.1) is 18.5 Å². The standard InChI is InChI=1S/C22H32N6O2/c1-23-22(27-12-10-26(11-13-27)17-19-8-14-30-25-19)24-15-18-7-9-28(16-18)20-5-3-4-6-21(20)29-2/h3-6,8,14,18H,7,9-13,15-17H2,1-2H3,(H,23,24). The predicted octanol–water partition coefficient (Wildman–Crippen LogP) is 1.90. The van der Waals surface area contributed by atoms with Crippen molar-refractivity contribution >= 4 is 11.6 Å². The van der Waals surface area contributed by atoms with Crippen LogP contribution in [0.4, 0.5) is 5.69 Å². The molecule has 2 fully saturated rings. The number of hydrogen-bond acceptors (Lipinski definition) is 6. The van der Waals surface area contributed by atoms with Gasteiger partial charge in [-0.3, -0.25) is 9.89 Å². The minimum absolute atomic E-state index is 0.597. The lowest BCUT2D eigenvalue weighted by Crippen LogP contribution is -2.52. The Kier molecular flexibility index (Phi) is 6.74. The summed E-state index contributed by atoms with van der Waals surface area (Å²) in [7, 11) is 3.61. The topological polar surface area (TPSA) is 69.4 Å². The van der Waals surface area contributed by atoms with Crippen LogP contribution in [0, 0.1) is 5.92 Å². The fraction of sp³-hybridized carbons (Fsp3) is 0.545. The molecule has 8 heteroatoms. The lowest BCUT2D eigenvalue weighted by atomic mass is 10.1. The second kappa shape index (κ2) is 9.84. The van der Waals surface area contributed by atoms with Crippen LogP contribution in [0.25, 0.3) is 0 Å². The molecule has 0 saturated carbocycles. The molecule has 1 N–H and O–H groups in total. The number of piperazine rings is 1. The molecule has 2 aromatic rings. The van der Waals surface area contributed by atoms with Crippen LogP contribution in [0.15, 0.2) is 46.1 Å². The average Bonchev–Trinajstić information content (AvgIpc) is 3.47. The van der Waals surface area contributed by atoms with Gasteiger partial charge in [0.15, 0.2) is 5.96 Å². The van der Waals surface area contributed by atoms with Crippen molar-refractivity contribution in [2.45, 2.75) is 13.0 Å². The molecule has 8 nitrogen and oxygen atoms in total. The summed E-state index contributed by atoms with van der Waals surface area (Å²) in [6, 6.07) is 10.2. The van der Waals surface area contributed by atoms with Crippen molar-refractivity contribution < 1.29 is 9.26 Å². The summed E-state index contributed by atoms with van der Waals surface area (Å²) in [5, 5.41) is 7.63. The molecular weight excluding hydrogens is 380 g/mol. The summed E-state index contributed by atoms with van der Waals surface area (Å²) < 4.78 is 10.5. The van der Waals surface area contributed by atoms with Gasteiger partial charge in [0.25, 0.3) is 0 Å². The summed E-state index contributed by atoms with van der Waals surface area (Å²) in [6.45, 7) is 7.82. The third-order valence-corrected chi connectivity index (χ3v) is 6.02. The van der Waals surface area contributed by atoms with E-state index in [1.807, 2.05) is 25.2 Å². The number of ether oxygens (including phenoxy) is 1. The summed E-state index contributed by atoms with van der Waals surface area (Å²) >= 11 is 0. The van der Waals surface area contributed by atoms with Crippen LogP contribution >= 0.6 is 0 Å². The number of aliphatic imine (C=N–C) groups is 1. The Hall–Kier alpha value is -2.74. The van der Waals surface area contributed by atoms with Gasteiger partial charge in [-0.25, -0.2) is 0 Å². The highest BCUT2D eigenvalue weighted by atomic mass is 16.5. The summed E-state index contributed by atoms with van der Waals surface area (Å²) in [6.07, 6.45) is 2.81. The summed E-state index contributed by atoms with van der Waals surface area (Å²) in [4.78, 5) is 11.7. The number of para-hydroxylation sites is 2. The number of methoxy groups -OCH3 is 1. The van der Waals surface area contributed by atoms with Crippen LogP contribution in [0.5, 0.6) is 5.75 Å². The van der Waals surface area contributed by atoms with Crippen molar-refractivity contribution in [3.05, 3.63) is 42.3 Å². The van der Waals surface area contributed by atoms with Gasteiger partial charge in [0.1, 0.15) is 12.0 Å². The van der Waals surface area contributed by atoms with E-state index >= 15 is 0 Å². The van der Waals surface area contributed by atoms with E-state index in [0.717, 1.165) is 69.8 Å². The molecule has 4 rings (SSSR count). The first-order valence-electron chi connectivity index (χ1n) is 10.7. The molecule has 1 aromatic heterocycles. The number of nitrogens with one attached hydrogen (secondary N) is 1. The SMILES string of the molecule is CN=C(NCC1CCN(c2ccccc2OC)C1)N1CCN(Cc2ccon2)CC1. The van der Waals surface area contributed by atoms with Gasteiger partial charge in [-0.2, -0.15) is 0 Å². The van der Waals surface area contributed by atoms with Crippen molar-refractivity contribution in [1.29, 1.82) is 0 Å². The second-order valence-electron chi connectivity index (χ2n) is 7.95.